The van der Waals surface area contributed by atoms with Crippen LogP contribution in [0.3, 0.4) is 0 Å². The van der Waals surface area contributed by atoms with Crippen LogP contribution in [0.25, 0.3) is 11.0 Å². The van der Waals surface area contributed by atoms with E-state index in [1.807, 2.05) is 36.4 Å². The van der Waals surface area contributed by atoms with E-state index in [1.54, 1.807) is 27.5 Å². The first-order valence-electron chi connectivity index (χ1n) is 7.49. The van der Waals surface area contributed by atoms with E-state index < -0.39 is 0 Å². The molecule has 0 radical (unpaired) electrons. The van der Waals surface area contributed by atoms with Crippen LogP contribution in [-0.2, 0) is 6.54 Å². The predicted molar refractivity (Wildman–Crippen MR) is 93.0 cm³/mol. The lowest BCUT2D eigenvalue weighted by Crippen LogP contribution is -2.04. The second kappa shape index (κ2) is 7.04. The number of methoxy groups -OCH3 is 3. The van der Waals surface area contributed by atoms with Crippen molar-refractivity contribution in [3.63, 3.8) is 0 Å². The summed E-state index contributed by atoms with van der Waals surface area (Å²) in [5, 5.41) is 3.27. The van der Waals surface area contributed by atoms with Crippen molar-refractivity contribution in [1.29, 1.82) is 0 Å². The van der Waals surface area contributed by atoms with Crippen molar-refractivity contribution >= 4 is 16.9 Å². The van der Waals surface area contributed by atoms with Crippen molar-refractivity contribution < 1.29 is 14.2 Å². The lowest BCUT2D eigenvalue weighted by Gasteiger charge is -2.14. The van der Waals surface area contributed by atoms with Crippen molar-refractivity contribution in [3.05, 3.63) is 48.2 Å². The van der Waals surface area contributed by atoms with Crippen LogP contribution in [0.5, 0.6) is 17.2 Å². The predicted octanol–water partition coefficient (Wildman–Crippen LogP) is 3.27. The Labute approximate surface area is 140 Å². The fourth-order valence-electron chi connectivity index (χ4n) is 2.47. The lowest BCUT2D eigenvalue weighted by molar-refractivity contribution is 0.324. The number of para-hydroxylation sites is 2. The normalized spacial score (nSPS) is 10.5. The molecule has 124 valence electrons. The number of hydrogen-bond acceptors (Lipinski definition) is 6. The fourth-order valence-corrected chi connectivity index (χ4v) is 2.47. The highest BCUT2D eigenvalue weighted by Crippen LogP contribution is 2.38. The Kier molecular flexibility index (Phi) is 4.65. The van der Waals surface area contributed by atoms with E-state index in [2.05, 4.69) is 15.3 Å². The maximum absolute atomic E-state index is 5.37. The molecule has 0 unspecified atom stereocenters. The highest BCUT2D eigenvalue weighted by atomic mass is 16.5. The van der Waals surface area contributed by atoms with E-state index >= 15 is 0 Å². The van der Waals surface area contributed by atoms with Gasteiger partial charge in [-0.05, 0) is 29.8 Å². The minimum atomic E-state index is 0.559. The Balaban J connectivity index is 1.82. The topological polar surface area (TPSA) is 65.5 Å². The van der Waals surface area contributed by atoms with Gasteiger partial charge in [0.25, 0.3) is 0 Å². The molecule has 0 amide bonds. The van der Waals surface area contributed by atoms with Crippen molar-refractivity contribution in [1.82, 2.24) is 9.97 Å². The zero-order valence-electron chi connectivity index (χ0n) is 13.9. The highest BCUT2D eigenvalue weighted by Gasteiger charge is 2.13. The van der Waals surface area contributed by atoms with Gasteiger partial charge >= 0.3 is 0 Å². The van der Waals surface area contributed by atoms with E-state index in [1.165, 1.54) is 0 Å². The van der Waals surface area contributed by atoms with Gasteiger partial charge in [-0.15, -0.1) is 0 Å². The Morgan fingerprint density at radius 3 is 2.21 bits per heavy atom. The molecular formula is C18H19N3O3. The smallest absolute Gasteiger partial charge is 0.203 e. The van der Waals surface area contributed by atoms with Crippen LogP contribution < -0.4 is 19.5 Å². The second-order valence-electron chi connectivity index (χ2n) is 5.13. The van der Waals surface area contributed by atoms with Crippen LogP contribution in [0.15, 0.2) is 42.6 Å². The zero-order chi connectivity index (χ0) is 16.9. The maximum Gasteiger partial charge on any atom is 0.203 e. The van der Waals surface area contributed by atoms with E-state index in [0.717, 1.165) is 16.6 Å². The SMILES string of the molecule is COc1cc(CNc2cnc3ccccc3n2)cc(OC)c1OC. The summed E-state index contributed by atoms with van der Waals surface area (Å²) in [6, 6.07) is 11.6. The van der Waals surface area contributed by atoms with Crippen LogP contribution in [-0.4, -0.2) is 31.3 Å². The van der Waals surface area contributed by atoms with Gasteiger partial charge in [0.15, 0.2) is 11.5 Å². The third-order valence-electron chi connectivity index (χ3n) is 3.65. The van der Waals surface area contributed by atoms with Crippen LogP contribution in [0.4, 0.5) is 5.82 Å². The van der Waals surface area contributed by atoms with Crippen LogP contribution in [0.1, 0.15) is 5.56 Å². The number of aromatic nitrogens is 2. The highest BCUT2D eigenvalue weighted by molar-refractivity contribution is 5.75. The summed E-state index contributed by atoms with van der Waals surface area (Å²) in [7, 11) is 4.79. The van der Waals surface area contributed by atoms with Crippen molar-refractivity contribution in [2.24, 2.45) is 0 Å². The molecule has 3 rings (SSSR count). The molecule has 1 N–H and O–H groups in total. The van der Waals surface area contributed by atoms with E-state index in [-0.39, 0.29) is 0 Å². The van der Waals surface area contributed by atoms with Crippen molar-refractivity contribution in [3.8, 4) is 17.2 Å². The van der Waals surface area contributed by atoms with Gasteiger partial charge in [-0.2, -0.15) is 0 Å². The summed E-state index contributed by atoms with van der Waals surface area (Å²) >= 11 is 0. The summed E-state index contributed by atoms with van der Waals surface area (Å²) in [6.07, 6.45) is 1.72. The molecule has 0 spiro atoms. The van der Waals surface area contributed by atoms with E-state index in [4.69, 9.17) is 14.2 Å². The summed E-state index contributed by atoms with van der Waals surface area (Å²) in [5.74, 6) is 2.54. The maximum atomic E-state index is 5.37. The molecule has 3 aromatic rings. The quantitative estimate of drug-likeness (QED) is 0.750. The monoisotopic (exact) mass is 325 g/mol. The second-order valence-corrected chi connectivity index (χ2v) is 5.13. The molecular weight excluding hydrogens is 306 g/mol. The van der Waals surface area contributed by atoms with Crippen LogP contribution in [0.2, 0.25) is 0 Å². The Hall–Kier alpha value is -3.02. The molecule has 0 aliphatic rings. The first-order valence-corrected chi connectivity index (χ1v) is 7.49. The number of rotatable bonds is 6. The van der Waals surface area contributed by atoms with Gasteiger partial charge in [-0.3, -0.25) is 4.98 Å². The van der Waals surface area contributed by atoms with Gasteiger partial charge < -0.3 is 19.5 Å². The first kappa shape index (κ1) is 15.9. The van der Waals surface area contributed by atoms with Crippen molar-refractivity contribution in [2.75, 3.05) is 26.6 Å². The Bertz CT molecular complexity index is 827. The summed E-state index contributed by atoms with van der Waals surface area (Å²) in [4.78, 5) is 8.94. The first-order chi connectivity index (χ1) is 11.7. The summed E-state index contributed by atoms with van der Waals surface area (Å²) in [5.41, 5.74) is 2.71. The molecule has 24 heavy (non-hydrogen) atoms. The van der Waals surface area contributed by atoms with Gasteiger partial charge in [0.05, 0.1) is 38.6 Å². The Morgan fingerprint density at radius 1 is 0.917 bits per heavy atom. The molecule has 2 aromatic carbocycles. The summed E-state index contributed by atoms with van der Waals surface area (Å²) in [6.45, 7) is 0.559. The molecule has 0 aliphatic carbocycles. The number of nitrogens with one attached hydrogen (secondary N) is 1. The third-order valence-corrected chi connectivity index (χ3v) is 3.65. The largest absolute Gasteiger partial charge is 0.493 e. The van der Waals surface area contributed by atoms with Gasteiger partial charge in [0.1, 0.15) is 5.82 Å². The molecule has 1 aromatic heterocycles. The number of fused-ring (bicyclic) bond motifs is 1. The number of hydrogen-bond donors (Lipinski definition) is 1. The Morgan fingerprint density at radius 2 is 1.58 bits per heavy atom. The molecule has 6 heteroatoms. The van der Waals surface area contributed by atoms with Crippen molar-refractivity contribution in [2.45, 2.75) is 6.54 Å². The average molecular weight is 325 g/mol. The lowest BCUT2D eigenvalue weighted by atomic mass is 10.1. The number of ether oxygens (including phenoxy) is 3. The van der Waals surface area contributed by atoms with Gasteiger partial charge in [0, 0.05) is 6.54 Å². The molecule has 1 heterocycles. The molecule has 0 atom stereocenters. The fraction of sp³-hybridized carbons (Fsp3) is 0.222. The van der Waals surface area contributed by atoms with Gasteiger partial charge in [0.2, 0.25) is 5.75 Å². The zero-order valence-corrected chi connectivity index (χ0v) is 13.9. The molecule has 0 saturated carbocycles. The third kappa shape index (κ3) is 3.17. The van der Waals surface area contributed by atoms with Crippen LogP contribution >= 0.6 is 0 Å². The number of anilines is 1. The molecule has 0 saturated heterocycles. The molecule has 6 nitrogen and oxygen atoms in total. The van der Waals surface area contributed by atoms with Gasteiger partial charge in [-0.1, -0.05) is 12.1 Å². The van der Waals surface area contributed by atoms with Crippen LogP contribution in [0, 0.1) is 0 Å². The molecule has 0 aliphatic heterocycles. The molecule has 0 fully saturated rings. The number of benzene rings is 2. The minimum Gasteiger partial charge on any atom is -0.493 e. The average Bonchev–Trinajstić information content (AvgIpc) is 2.65. The molecule has 0 bridgehead atoms. The van der Waals surface area contributed by atoms with E-state index in [0.29, 0.717) is 29.6 Å². The van der Waals surface area contributed by atoms with Gasteiger partial charge in [-0.25, -0.2) is 4.98 Å². The number of nitrogens with zero attached hydrogens (tertiary/aromatic N) is 2. The summed E-state index contributed by atoms with van der Waals surface area (Å²) < 4.78 is 16.1. The standard InChI is InChI=1S/C18H19N3O3/c1-22-15-8-12(9-16(23-2)18(15)24-3)10-20-17-11-19-13-6-4-5-7-14(13)21-17/h4-9,11H,10H2,1-3H3,(H,20,21). The minimum absolute atomic E-state index is 0.559. The van der Waals surface area contributed by atoms with E-state index in [9.17, 15) is 0 Å².